The van der Waals surface area contributed by atoms with Gasteiger partial charge < -0.3 is 16.2 Å². The van der Waals surface area contributed by atoms with Crippen molar-refractivity contribution in [2.24, 2.45) is 0 Å². The summed E-state index contributed by atoms with van der Waals surface area (Å²) in [4.78, 5) is 4.87. The average Bonchev–Trinajstić information content (AvgIpc) is 2.68. The number of nitrogens with one attached hydrogen (secondary N) is 1. The molecule has 4 N–H and O–H groups in total. The first-order valence-electron chi connectivity index (χ1n) is 8.59. The Morgan fingerprint density at radius 2 is 1.65 bits per heavy atom. The van der Waals surface area contributed by atoms with E-state index in [9.17, 15) is 5.11 Å². The van der Waals surface area contributed by atoms with Crippen LogP contribution < -0.4 is 5.73 Å². The van der Waals surface area contributed by atoms with Crippen LogP contribution >= 0.6 is 12.6 Å². The van der Waals surface area contributed by atoms with Gasteiger partial charge in [-0.05, 0) is 60.6 Å². The molecule has 26 heavy (non-hydrogen) atoms. The fourth-order valence-corrected chi connectivity index (χ4v) is 3.27. The molecule has 1 heterocycles. The number of pyridine rings is 1. The molecule has 0 radical (unpaired) electrons. The number of aromatic nitrogens is 1. The molecule has 0 spiro atoms. The second kappa shape index (κ2) is 8.72. The molecule has 0 atom stereocenters. The highest BCUT2D eigenvalue weighted by Crippen LogP contribution is 2.34. The first-order chi connectivity index (χ1) is 12.6. The summed E-state index contributed by atoms with van der Waals surface area (Å²) in [7, 11) is 0. The highest BCUT2D eigenvalue weighted by Gasteiger charge is 2.16. The number of rotatable bonds is 4. The van der Waals surface area contributed by atoms with E-state index in [2.05, 4.69) is 26.5 Å². The summed E-state index contributed by atoms with van der Waals surface area (Å²) in [5, 5.41) is 18.3. The number of hydrogen-bond acceptors (Lipinski definition) is 5. The molecule has 136 valence electrons. The summed E-state index contributed by atoms with van der Waals surface area (Å²) in [6.45, 7) is 4.26. The topological polar surface area (TPSA) is 83.0 Å². The second-order valence-corrected chi connectivity index (χ2v) is 5.78. The van der Waals surface area contributed by atoms with Crippen LogP contribution in [0.1, 0.15) is 30.5 Å². The summed E-state index contributed by atoms with van der Waals surface area (Å²) in [5.41, 5.74) is 12.3. The maximum atomic E-state index is 9.55. The molecule has 0 saturated carbocycles. The minimum absolute atomic E-state index is 0.234. The zero-order chi connectivity index (χ0) is 19.3. The van der Waals surface area contributed by atoms with Crippen LogP contribution in [0.15, 0.2) is 36.4 Å². The number of fused-ring (bicyclic) bond motifs is 1. The number of aromatic hydroxyl groups is 1. The SMILES string of the molecule is CCc1c(-c2ccc(O)cc2)nc2c(C=N)c(N)ccc2c1CC.CS. The van der Waals surface area contributed by atoms with Gasteiger partial charge in [0, 0.05) is 28.4 Å². The van der Waals surface area contributed by atoms with Gasteiger partial charge in [0.05, 0.1) is 11.2 Å². The van der Waals surface area contributed by atoms with Gasteiger partial charge in [-0.15, -0.1) is 0 Å². The number of nitrogen functional groups attached to an aromatic ring is 1. The number of anilines is 1. The van der Waals surface area contributed by atoms with Crippen molar-refractivity contribution < 1.29 is 5.11 Å². The molecule has 1 aromatic heterocycles. The molecule has 0 saturated heterocycles. The monoisotopic (exact) mass is 367 g/mol. The zero-order valence-corrected chi connectivity index (χ0v) is 16.3. The number of aryl methyl sites for hydroxylation is 1. The lowest BCUT2D eigenvalue weighted by molar-refractivity contribution is 0.475. The summed E-state index contributed by atoms with van der Waals surface area (Å²) in [6, 6.07) is 10.9. The molecule has 0 bridgehead atoms. The van der Waals surface area contributed by atoms with Gasteiger partial charge in [0.15, 0.2) is 0 Å². The van der Waals surface area contributed by atoms with Crippen LogP contribution in [0.2, 0.25) is 0 Å². The fourth-order valence-electron chi connectivity index (χ4n) is 3.27. The molecule has 0 aliphatic carbocycles. The number of nitrogens with two attached hydrogens (primary N) is 1. The van der Waals surface area contributed by atoms with Crippen molar-refractivity contribution in [3.8, 4) is 17.0 Å². The Bertz CT molecular complexity index is 921. The maximum Gasteiger partial charge on any atom is 0.115 e. The van der Waals surface area contributed by atoms with E-state index in [0.717, 1.165) is 35.0 Å². The quantitative estimate of drug-likeness (QED) is 0.302. The van der Waals surface area contributed by atoms with Crippen molar-refractivity contribution in [3.05, 3.63) is 53.1 Å². The normalized spacial score (nSPS) is 10.3. The molecule has 0 amide bonds. The predicted molar refractivity (Wildman–Crippen MR) is 115 cm³/mol. The van der Waals surface area contributed by atoms with Crippen LogP contribution in [0.25, 0.3) is 22.2 Å². The number of phenols is 1. The summed E-state index contributed by atoms with van der Waals surface area (Å²) < 4.78 is 0. The summed E-state index contributed by atoms with van der Waals surface area (Å²) >= 11 is 3.53. The minimum atomic E-state index is 0.234. The highest BCUT2D eigenvalue weighted by molar-refractivity contribution is 7.79. The van der Waals surface area contributed by atoms with Gasteiger partial charge in [-0.2, -0.15) is 12.6 Å². The van der Waals surface area contributed by atoms with Crippen LogP contribution in [0.3, 0.4) is 0 Å². The van der Waals surface area contributed by atoms with Gasteiger partial charge >= 0.3 is 0 Å². The van der Waals surface area contributed by atoms with E-state index >= 15 is 0 Å². The lowest BCUT2D eigenvalue weighted by Gasteiger charge is -2.17. The van der Waals surface area contributed by atoms with Gasteiger partial charge in [0.2, 0.25) is 0 Å². The van der Waals surface area contributed by atoms with E-state index in [0.29, 0.717) is 11.3 Å². The first kappa shape index (κ1) is 19.8. The van der Waals surface area contributed by atoms with Gasteiger partial charge in [-0.25, -0.2) is 4.98 Å². The van der Waals surface area contributed by atoms with Gasteiger partial charge in [0.25, 0.3) is 0 Å². The molecule has 0 aliphatic rings. The number of thiol groups is 1. The third-order valence-electron chi connectivity index (χ3n) is 4.44. The third kappa shape index (κ3) is 3.53. The Morgan fingerprint density at radius 1 is 1.04 bits per heavy atom. The Labute approximate surface area is 160 Å². The Balaban J connectivity index is 0.00000117. The Kier molecular flexibility index (Phi) is 6.64. The van der Waals surface area contributed by atoms with E-state index in [1.54, 1.807) is 18.4 Å². The molecule has 0 fully saturated rings. The van der Waals surface area contributed by atoms with Crippen molar-refractivity contribution in [2.45, 2.75) is 26.7 Å². The fraction of sp³-hybridized carbons (Fsp3) is 0.238. The number of benzene rings is 2. The summed E-state index contributed by atoms with van der Waals surface area (Å²) in [5.74, 6) is 0.234. The van der Waals surface area contributed by atoms with Crippen molar-refractivity contribution in [2.75, 3.05) is 12.0 Å². The van der Waals surface area contributed by atoms with E-state index < -0.39 is 0 Å². The van der Waals surface area contributed by atoms with E-state index in [1.807, 2.05) is 24.3 Å². The third-order valence-corrected chi connectivity index (χ3v) is 4.44. The Morgan fingerprint density at radius 3 is 2.19 bits per heavy atom. The number of phenolic OH excluding ortho intramolecular Hbond substituents is 1. The molecule has 5 heteroatoms. The van der Waals surface area contributed by atoms with E-state index in [1.165, 1.54) is 17.3 Å². The average molecular weight is 368 g/mol. The van der Waals surface area contributed by atoms with Crippen molar-refractivity contribution >= 4 is 35.4 Å². The van der Waals surface area contributed by atoms with Crippen LogP contribution in [-0.4, -0.2) is 22.6 Å². The van der Waals surface area contributed by atoms with Crippen LogP contribution in [0.4, 0.5) is 5.69 Å². The number of hydrogen-bond donors (Lipinski definition) is 4. The second-order valence-electron chi connectivity index (χ2n) is 5.78. The first-order valence-corrected chi connectivity index (χ1v) is 9.48. The van der Waals surface area contributed by atoms with Crippen LogP contribution in [0.5, 0.6) is 5.75 Å². The lowest BCUT2D eigenvalue weighted by atomic mass is 9.92. The lowest BCUT2D eigenvalue weighted by Crippen LogP contribution is -2.04. The van der Waals surface area contributed by atoms with Crippen LogP contribution in [-0.2, 0) is 12.8 Å². The van der Waals surface area contributed by atoms with Crippen molar-refractivity contribution in [1.29, 1.82) is 5.41 Å². The van der Waals surface area contributed by atoms with Gasteiger partial charge in [-0.1, -0.05) is 19.9 Å². The van der Waals surface area contributed by atoms with Crippen molar-refractivity contribution in [3.63, 3.8) is 0 Å². The molecular formula is C21H25N3OS. The van der Waals surface area contributed by atoms with Crippen molar-refractivity contribution in [1.82, 2.24) is 4.98 Å². The molecule has 4 nitrogen and oxygen atoms in total. The van der Waals surface area contributed by atoms with Crippen LogP contribution in [0, 0.1) is 5.41 Å². The predicted octanol–water partition coefficient (Wildman–Crippen LogP) is 4.86. The standard InChI is InChI=1S/C20H21N3O.CH4S/c1-3-14-15(4-2)19(12-5-7-13(24)8-6-12)23-20-16(14)9-10-18(22)17(20)11-21;1-2/h5-11,21,24H,3-4,22H2,1-2H3;2H,1H3. The van der Waals surface area contributed by atoms with E-state index in [4.69, 9.17) is 16.1 Å². The molecule has 3 aromatic rings. The van der Waals surface area contributed by atoms with Gasteiger partial charge in [-0.3, -0.25) is 0 Å². The van der Waals surface area contributed by atoms with E-state index in [-0.39, 0.29) is 5.75 Å². The molecule has 2 aromatic carbocycles. The molecule has 0 aliphatic heterocycles. The summed E-state index contributed by atoms with van der Waals surface area (Å²) in [6.07, 6.45) is 4.72. The maximum absolute atomic E-state index is 9.55. The minimum Gasteiger partial charge on any atom is -0.508 e. The Hall–Kier alpha value is -2.53. The molecule has 3 rings (SSSR count). The molecular weight excluding hydrogens is 342 g/mol. The zero-order valence-electron chi connectivity index (χ0n) is 15.4. The molecule has 0 unspecified atom stereocenters. The smallest absolute Gasteiger partial charge is 0.115 e. The largest absolute Gasteiger partial charge is 0.508 e. The highest BCUT2D eigenvalue weighted by atomic mass is 32.1. The van der Waals surface area contributed by atoms with Gasteiger partial charge in [0.1, 0.15) is 5.75 Å². The number of nitrogens with zero attached hydrogens (tertiary/aromatic N) is 1.